The van der Waals surface area contributed by atoms with Crippen LogP contribution in [-0.4, -0.2) is 37.5 Å². The van der Waals surface area contributed by atoms with E-state index in [0.717, 1.165) is 19.4 Å². The first-order chi connectivity index (χ1) is 6.85. The van der Waals surface area contributed by atoms with Crippen molar-refractivity contribution in [1.82, 2.24) is 10.2 Å². The third-order valence-electron chi connectivity index (χ3n) is 2.21. The van der Waals surface area contributed by atoms with Crippen molar-refractivity contribution in [3.8, 4) is 0 Å². The third-order valence-corrected chi connectivity index (χ3v) is 2.21. The molecule has 0 rings (SSSR count). The van der Waals surface area contributed by atoms with E-state index in [1.54, 1.807) is 0 Å². The first-order valence-corrected chi connectivity index (χ1v) is 5.74. The van der Waals surface area contributed by atoms with Crippen LogP contribution in [-0.2, 0) is 4.79 Å². The van der Waals surface area contributed by atoms with E-state index >= 15 is 0 Å². The van der Waals surface area contributed by atoms with Gasteiger partial charge in [-0.05, 0) is 45.3 Å². The van der Waals surface area contributed by atoms with Gasteiger partial charge in [0.25, 0.3) is 0 Å². The van der Waals surface area contributed by atoms with Gasteiger partial charge in [0, 0.05) is 6.54 Å². The highest BCUT2D eigenvalue weighted by atomic mass is 16.1. The molecule has 0 spiro atoms. The van der Waals surface area contributed by atoms with Crippen LogP contribution < -0.4 is 5.32 Å². The summed E-state index contributed by atoms with van der Waals surface area (Å²) in [6, 6.07) is 0. The van der Waals surface area contributed by atoms with Crippen LogP contribution in [0.5, 0.6) is 0 Å². The van der Waals surface area contributed by atoms with Crippen LogP contribution in [0.25, 0.3) is 0 Å². The van der Waals surface area contributed by atoms with Crippen LogP contribution in [0.1, 0.15) is 39.5 Å². The van der Waals surface area contributed by atoms with Crippen LogP contribution >= 0.6 is 0 Å². The van der Waals surface area contributed by atoms with Crippen molar-refractivity contribution >= 4 is 6.41 Å². The maximum atomic E-state index is 9.99. The van der Waals surface area contributed by atoms with Crippen molar-refractivity contribution in [2.75, 3.05) is 26.2 Å². The fraction of sp³-hybridized carbons (Fsp3) is 0.909. The number of unbranched alkanes of at least 4 members (excludes halogenated alkanes) is 1. The van der Waals surface area contributed by atoms with Crippen molar-refractivity contribution in [2.24, 2.45) is 0 Å². The summed E-state index contributed by atoms with van der Waals surface area (Å²) in [5, 5.41) is 2.69. The summed E-state index contributed by atoms with van der Waals surface area (Å²) in [4.78, 5) is 12.5. The molecule has 14 heavy (non-hydrogen) atoms. The second kappa shape index (κ2) is 10.5. The maximum absolute atomic E-state index is 9.99. The highest BCUT2D eigenvalue weighted by Crippen LogP contribution is 1.97. The molecular formula is C11H24N2O. The monoisotopic (exact) mass is 200 g/mol. The average molecular weight is 200 g/mol. The lowest BCUT2D eigenvalue weighted by Crippen LogP contribution is -2.27. The number of carbonyl (C=O) groups excluding carboxylic acids is 1. The molecule has 0 aromatic heterocycles. The largest absolute Gasteiger partial charge is 0.359 e. The summed E-state index contributed by atoms with van der Waals surface area (Å²) in [6.45, 7) is 8.83. The van der Waals surface area contributed by atoms with Crippen LogP contribution in [0.4, 0.5) is 0 Å². The molecule has 0 saturated heterocycles. The number of amides is 1. The summed E-state index contributed by atoms with van der Waals surface area (Å²) in [5.74, 6) is 0. The predicted octanol–water partition coefficient (Wildman–Crippen LogP) is 1.63. The minimum absolute atomic E-state index is 0.774. The number of hydrogen-bond acceptors (Lipinski definition) is 2. The van der Waals surface area contributed by atoms with Gasteiger partial charge in [0.15, 0.2) is 0 Å². The van der Waals surface area contributed by atoms with E-state index in [1.807, 2.05) is 0 Å². The zero-order chi connectivity index (χ0) is 10.6. The summed E-state index contributed by atoms with van der Waals surface area (Å²) in [5.41, 5.74) is 0. The lowest BCUT2D eigenvalue weighted by molar-refractivity contribution is -0.109. The van der Waals surface area contributed by atoms with Crippen molar-refractivity contribution < 1.29 is 4.79 Å². The number of rotatable bonds is 10. The molecule has 1 amide bonds. The van der Waals surface area contributed by atoms with E-state index in [1.165, 1.54) is 38.9 Å². The van der Waals surface area contributed by atoms with E-state index in [4.69, 9.17) is 0 Å². The molecule has 0 radical (unpaired) electrons. The van der Waals surface area contributed by atoms with Crippen LogP contribution in [0.3, 0.4) is 0 Å². The predicted molar refractivity (Wildman–Crippen MR) is 60.3 cm³/mol. The zero-order valence-electron chi connectivity index (χ0n) is 9.59. The summed E-state index contributed by atoms with van der Waals surface area (Å²) in [7, 11) is 0. The second-order valence-electron chi connectivity index (χ2n) is 3.62. The maximum Gasteiger partial charge on any atom is 0.207 e. The van der Waals surface area contributed by atoms with E-state index in [2.05, 4.69) is 24.1 Å². The van der Waals surface area contributed by atoms with Gasteiger partial charge in [-0.15, -0.1) is 0 Å². The number of carbonyl (C=O) groups is 1. The first-order valence-electron chi connectivity index (χ1n) is 5.74. The summed E-state index contributed by atoms with van der Waals surface area (Å²) >= 11 is 0. The molecule has 84 valence electrons. The van der Waals surface area contributed by atoms with Gasteiger partial charge >= 0.3 is 0 Å². The van der Waals surface area contributed by atoms with Gasteiger partial charge in [0.05, 0.1) is 0 Å². The molecule has 0 heterocycles. The first kappa shape index (κ1) is 13.4. The molecule has 0 unspecified atom stereocenters. The smallest absolute Gasteiger partial charge is 0.207 e. The quantitative estimate of drug-likeness (QED) is 0.429. The Morgan fingerprint density at radius 2 is 1.71 bits per heavy atom. The molecule has 0 aliphatic carbocycles. The van der Waals surface area contributed by atoms with Gasteiger partial charge in [-0.2, -0.15) is 0 Å². The average Bonchev–Trinajstić information content (AvgIpc) is 2.18. The molecule has 1 N–H and O–H groups in total. The highest BCUT2D eigenvalue weighted by molar-refractivity contribution is 5.45. The Balaban J connectivity index is 3.34. The molecule has 0 saturated carbocycles. The van der Waals surface area contributed by atoms with Crippen LogP contribution in [0.15, 0.2) is 0 Å². The SMILES string of the molecule is CCCN(CCC)CCCCNC=O. The van der Waals surface area contributed by atoms with E-state index in [-0.39, 0.29) is 0 Å². The lowest BCUT2D eigenvalue weighted by atomic mass is 10.2. The molecule has 0 aromatic carbocycles. The lowest BCUT2D eigenvalue weighted by Gasteiger charge is -2.20. The Morgan fingerprint density at radius 1 is 1.07 bits per heavy atom. The highest BCUT2D eigenvalue weighted by Gasteiger charge is 2.00. The van der Waals surface area contributed by atoms with Crippen molar-refractivity contribution in [1.29, 1.82) is 0 Å². The normalized spacial score (nSPS) is 10.5. The second-order valence-corrected chi connectivity index (χ2v) is 3.62. The Labute approximate surface area is 87.9 Å². The molecule has 0 aliphatic heterocycles. The number of nitrogens with zero attached hydrogens (tertiary/aromatic N) is 1. The van der Waals surface area contributed by atoms with Gasteiger partial charge in [0.1, 0.15) is 0 Å². The Kier molecular flexibility index (Phi) is 10.1. The van der Waals surface area contributed by atoms with Crippen LogP contribution in [0, 0.1) is 0 Å². The van der Waals surface area contributed by atoms with Gasteiger partial charge in [0.2, 0.25) is 6.41 Å². The molecular weight excluding hydrogens is 176 g/mol. The van der Waals surface area contributed by atoms with Crippen molar-refractivity contribution in [2.45, 2.75) is 39.5 Å². The van der Waals surface area contributed by atoms with Crippen LogP contribution in [0.2, 0.25) is 0 Å². The van der Waals surface area contributed by atoms with Gasteiger partial charge in [-0.3, -0.25) is 4.79 Å². The summed E-state index contributed by atoms with van der Waals surface area (Å²) in [6.07, 6.45) is 5.50. The molecule has 0 aliphatic rings. The Hall–Kier alpha value is -0.570. The molecule has 0 bridgehead atoms. The minimum Gasteiger partial charge on any atom is -0.359 e. The fourth-order valence-electron chi connectivity index (χ4n) is 1.59. The molecule has 0 atom stereocenters. The van der Waals surface area contributed by atoms with E-state index in [0.29, 0.717) is 0 Å². The van der Waals surface area contributed by atoms with Gasteiger partial charge < -0.3 is 10.2 Å². The van der Waals surface area contributed by atoms with Gasteiger partial charge in [-0.1, -0.05) is 13.8 Å². The molecule has 0 fully saturated rings. The zero-order valence-corrected chi connectivity index (χ0v) is 9.59. The molecule has 0 aromatic rings. The number of hydrogen-bond donors (Lipinski definition) is 1. The van der Waals surface area contributed by atoms with E-state index in [9.17, 15) is 4.79 Å². The number of nitrogens with one attached hydrogen (secondary N) is 1. The van der Waals surface area contributed by atoms with E-state index < -0.39 is 0 Å². The van der Waals surface area contributed by atoms with Crippen molar-refractivity contribution in [3.63, 3.8) is 0 Å². The molecule has 3 heteroatoms. The summed E-state index contributed by atoms with van der Waals surface area (Å²) < 4.78 is 0. The Morgan fingerprint density at radius 3 is 2.21 bits per heavy atom. The van der Waals surface area contributed by atoms with Gasteiger partial charge in [-0.25, -0.2) is 0 Å². The van der Waals surface area contributed by atoms with Crippen molar-refractivity contribution in [3.05, 3.63) is 0 Å². The minimum atomic E-state index is 0.774. The third kappa shape index (κ3) is 8.05. The molecule has 3 nitrogen and oxygen atoms in total. The Bertz CT molecular complexity index is 122. The fourth-order valence-corrected chi connectivity index (χ4v) is 1.59. The topological polar surface area (TPSA) is 32.3 Å². The standard InChI is InChI=1S/C11H24N2O/c1-3-8-13(9-4-2)10-6-5-7-12-11-14/h11H,3-10H2,1-2H3,(H,12,14).